The highest BCUT2D eigenvalue weighted by molar-refractivity contribution is 6.32. The number of halogens is 1. The zero-order valence-electron chi connectivity index (χ0n) is 14.2. The summed E-state index contributed by atoms with van der Waals surface area (Å²) < 4.78 is 10.0. The standard InChI is InChI=1S/C17H22ClNO6/c1-2-3-4-11-24-15(20)9-6-10-16(21)25-12-13-7-5-8-14(18)17(13)19(22)23/h5,7-8H,2-4,6,9-12H2,1H3. The zero-order valence-corrected chi connectivity index (χ0v) is 14.9. The Kier molecular flexibility index (Phi) is 9.54. The van der Waals surface area contributed by atoms with Gasteiger partial charge in [0.1, 0.15) is 11.6 Å². The van der Waals surface area contributed by atoms with Crippen molar-refractivity contribution in [1.82, 2.24) is 0 Å². The first kappa shape index (κ1) is 20.9. The molecule has 0 aliphatic carbocycles. The van der Waals surface area contributed by atoms with Gasteiger partial charge in [-0.1, -0.05) is 37.4 Å². The minimum Gasteiger partial charge on any atom is -0.466 e. The predicted octanol–water partition coefficient (Wildman–Crippen LogP) is 4.20. The van der Waals surface area contributed by atoms with Crippen LogP contribution in [0.25, 0.3) is 0 Å². The number of nitrogens with zero attached hydrogens (tertiary/aromatic N) is 1. The Hall–Kier alpha value is -2.15. The molecule has 0 aliphatic rings. The van der Waals surface area contributed by atoms with Gasteiger partial charge in [0.2, 0.25) is 0 Å². The number of benzene rings is 1. The summed E-state index contributed by atoms with van der Waals surface area (Å²) in [4.78, 5) is 33.5. The molecule has 7 nitrogen and oxygen atoms in total. The molecule has 0 aromatic heterocycles. The number of nitro benzene ring substituents is 1. The van der Waals surface area contributed by atoms with Crippen molar-refractivity contribution in [3.63, 3.8) is 0 Å². The molecule has 0 bridgehead atoms. The fourth-order valence-corrected chi connectivity index (χ4v) is 2.36. The van der Waals surface area contributed by atoms with E-state index in [1.165, 1.54) is 12.1 Å². The second-order valence-corrected chi connectivity index (χ2v) is 5.85. The minimum atomic E-state index is -0.611. The van der Waals surface area contributed by atoms with Crippen LogP contribution in [0.5, 0.6) is 0 Å². The van der Waals surface area contributed by atoms with Crippen LogP contribution >= 0.6 is 11.6 Å². The third kappa shape index (κ3) is 7.98. The Morgan fingerprint density at radius 1 is 1.12 bits per heavy atom. The van der Waals surface area contributed by atoms with Crippen LogP contribution in [0, 0.1) is 10.1 Å². The van der Waals surface area contributed by atoms with Crippen molar-refractivity contribution in [3.05, 3.63) is 38.9 Å². The summed E-state index contributed by atoms with van der Waals surface area (Å²) in [7, 11) is 0. The van der Waals surface area contributed by atoms with E-state index >= 15 is 0 Å². The van der Waals surface area contributed by atoms with Gasteiger partial charge in [-0.2, -0.15) is 0 Å². The molecule has 0 unspecified atom stereocenters. The van der Waals surface area contributed by atoms with E-state index in [-0.39, 0.29) is 41.7 Å². The molecule has 0 saturated carbocycles. The van der Waals surface area contributed by atoms with Crippen molar-refractivity contribution in [3.8, 4) is 0 Å². The number of para-hydroxylation sites is 1. The van der Waals surface area contributed by atoms with E-state index in [9.17, 15) is 19.7 Å². The van der Waals surface area contributed by atoms with Gasteiger partial charge in [0.05, 0.1) is 17.1 Å². The highest BCUT2D eigenvalue weighted by Crippen LogP contribution is 2.28. The first-order chi connectivity index (χ1) is 12.0. The highest BCUT2D eigenvalue weighted by Gasteiger charge is 2.19. The van der Waals surface area contributed by atoms with Crippen LogP contribution in [-0.2, 0) is 25.7 Å². The summed E-state index contributed by atoms with van der Waals surface area (Å²) in [5, 5.41) is 11.0. The molecule has 1 rings (SSSR count). The average molecular weight is 372 g/mol. The topological polar surface area (TPSA) is 95.7 Å². The lowest BCUT2D eigenvalue weighted by Gasteiger charge is -2.07. The molecule has 0 aliphatic heterocycles. The fraction of sp³-hybridized carbons (Fsp3) is 0.529. The van der Waals surface area contributed by atoms with Crippen LogP contribution in [0.15, 0.2) is 18.2 Å². The number of ether oxygens (including phenoxy) is 2. The van der Waals surface area contributed by atoms with E-state index in [1.54, 1.807) is 6.07 Å². The van der Waals surface area contributed by atoms with Gasteiger partial charge in [0.25, 0.3) is 5.69 Å². The smallest absolute Gasteiger partial charge is 0.306 e. The van der Waals surface area contributed by atoms with Crippen LogP contribution in [0.3, 0.4) is 0 Å². The third-order valence-corrected chi connectivity index (χ3v) is 3.72. The molecule has 138 valence electrons. The number of hydrogen-bond acceptors (Lipinski definition) is 6. The van der Waals surface area contributed by atoms with Crippen LogP contribution in [-0.4, -0.2) is 23.5 Å². The maximum absolute atomic E-state index is 11.7. The van der Waals surface area contributed by atoms with E-state index in [0.29, 0.717) is 13.0 Å². The Morgan fingerprint density at radius 2 is 1.80 bits per heavy atom. The summed E-state index contributed by atoms with van der Waals surface area (Å²) in [6.07, 6.45) is 3.38. The maximum atomic E-state index is 11.7. The third-order valence-electron chi connectivity index (χ3n) is 3.41. The van der Waals surface area contributed by atoms with Gasteiger partial charge >= 0.3 is 11.9 Å². The molecule has 0 N–H and O–H groups in total. The summed E-state index contributed by atoms with van der Waals surface area (Å²) in [6, 6.07) is 4.43. The molecule has 1 aromatic rings. The fourth-order valence-electron chi connectivity index (χ4n) is 2.10. The molecule has 0 heterocycles. The Balaban J connectivity index is 2.31. The Bertz CT molecular complexity index is 605. The zero-order chi connectivity index (χ0) is 18.7. The van der Waals surface area contributed by atoms with Crippen LogP contribution in [0.1, 0.15) is 51.0 Å². The van der Waals surface area contributed by atoms with Gasteiger partial charge in [0.15, 0.2) is 0 Å². The number of hydrogen-bond donors (Lipinski definition) is 0. The van der Waals surface area contributed by atoms with Crippen LogP contribution < -0.4 is 0 Å². The van der Waals surface area contributed by atoms with Gasteiger partial charge in [-0.25, -0.2) is 0 Å². The monoisotopic (exact) mass is 371 g/mol. The van der Waals surface area contributed by atoms with E-state index in [0.717, 1.165) is 19.3 Å². The summed E-state index contributed by atoms with van der Waals surface area (Å²) in [6.45, 7) is 2.22. The summed E-state index contributed by atoms with van der Waals surface area (Å²) in [5.74, 6) is -0.873. The summed E-state index contributed by atoms with van der Waals surface area (Å²) >= 11 is 5.79. The molecular weight excluding hydrogens is 350 g/mol. The number of carbonyl (C=O) groups excluding carboxylic acids is 2. The molecule has 0 fully saturated rings. The number of carbonyl (C=O) groups is 2. The molecule has 0 amide bonds. The summed E-state index contributed by atoms with van der Waals surface area (Å²) in [5.41, 5.74) is -0.0474. The SMILES string of the molecule is CCCCCOC(=O)CCCC(=O)OCc1cccc(Cl)c1[N+](=O)[O-]. The van der Waals surface area contributed by atoms with Gasteiger partial charge in [-0.15, -0.1) is 0 Å². The molecule has 0 spiro atoms. The van der Waals surface area contributed by atoms with Crippen molar-refractivity contribution in [2.75, 3.05) is 6.61 Å². The largest absolute Gasteiger partial charge is 0.466 e. The van der Waals surface area contributed by atoms with Gasteiger partial charge in [-0.05, 0) is 25.0 Å². The average Bonchev–Trinajstić information content (AvgIpc) is 2.56. The number of unbranched alkanes of at least 4 members (excludes halogenated alkanes) is 2. The number of rotatable bonds is 11. The minimum absolute atomic E-state index is 0.00984. The molecule has 0 atom stereocenters. The van der Waals surface area contributed by atoms with Gasteiger partial charge in [0, 0.05) is 12.8 Å². The molecule has 8 heteroatoms. The normalized spacial score (nSPS) is 10.3. The lowest BCUT2D eigenvalue weighted by Crippen LogP contribution is -2.09. The van der Waals surface area contributed by atoms with Crippen molar-refractivity contribution in [1.29, 1.82) is 0 Å². The Labute approximate surface area is 151 Å². The van der Waals surface area contributed by atoms with Crippen molar-refractivity contribution >= 4 is 29.2 Å². The van der Waals surface area contributed by atoms with Crippen LogP contribution in [0.4, 0.5) is 5.69 Å². The van der Waals surface area contributed by atoms with Crippen LogP contribution in [0.2, 0.25) is 5.02 Å². The molecular formula is C17H22ClNO6. The first-order valence-electron chi connectivity index (χ1n) is 8.18. The van der Waals surface area contributed by atoms with E-state index in [1.807, 2.05) is 0 Å². The van der Waals surface area contributed by atoms with Gasteiger partial charge < -0.3 is 9.47 Å². The maximum Gasteiger partial charge on any atom is 0.306 e. The molecule has 25 heavy (non-hydrogen) atoms. The molecule has 0 radical (unpaired) electrons. The van der Waals surface area contributed by atoms with Crippen molar-refractivity contribution in [2.45, 2.75) is 52.1 Å². The van der Waals surface area contributed by atoms with Crippen molar-refractivity contribution < 1.29 is 24.0 Å². The lowest BCUT2D eigenvalue weighted by atomic mass is 10.2. The number of esters is 2. The quantitative estimate of drug-likeness (QED) is 0.250. The lowest BCUT2D eigenvalue weighted by molar-refractivity contribution is -0.385. The predicted molar refractivity (Wildman–Crippen MR) is 92.2 cm³/mol. The Morgan fingerprint density at radius 3 is 2.44 bits per heavy atom. The van der Waals surface area contributed by atoms with Gasteiger partial charge in [-0.3, -0.25) is 19.7 Å². The highest BCUT2D eigenvalue weighted by atomic mass is 35.5. The number of nitro groups is 1. The second kappa shape index (κ2) is 11.4. The van der Waals surface area contributed by atoms with Crippen molar-refractivity contribution in [2.24, 2.45) is 0 Å². The van der Waals surface area contributed by atoms with E-state index in [2.05, 4.69) is 6.92 Å². The molecule has 0 saturated heterocycles. The molecule has 1 aromatic carbocycles. The van der Waals surface area contributed by atoms with E-state index in [4.69, 9.17) is 21.1 Å². The van der Waals surface area contributed by atoms with E-state index < -0.39 is 10.9 Å². The second-order valence-electron chi connectivity index (χ2n) is 5.45. The first-order valence-corrected chi connectivity index (χ1v) is 8.56.